The number of amides is 2. The molecule has 2 aromatic rings. The van der Waals surface area contributed by atoms with Crippen molar-refractivity contribution in [2.24, 2.45) is 0 Å². The lowest BCUT2D eigenvalue weighted by atomic mass is 9.86. The van der Waals surface area contributed by atoms with Gasteiger partial charge in [0.25, 0.3) is 0 Å². The molecule has 2 rings (SSSR count). The molecule has 1 N–H and O–H groups in total. The highest BCUT2D eigenvalue weighted by Crippen LogP contribution is 2.22. The Balaban J connectivity index is 2.10. The Morgan fingerprint density at radius 2 is 1.53 bits per heavy atom. The molecule has 0 aliphatic heterocycles. The Bertz CT molecular complexity index is 838. The molecular weight excluding hydrogens is 396 g/mol. The third kappa shape index (κ3) is 7.81. The first-order valence-electron chi connectivity index (χ1n) is 12.0. The van der Waals surface area contributed by atoms with E-state index < -0.39 is 6.04 Å². The van der Waals surface area contributed by atoms with Crippen LogP contribution in [0, 0.1) is 0 Å². The number of nitrogens with zero attached hydrogens (tertiary/aromatic N) is 1. The number of rotatable bonds is 11. The van der Waals surface area contributed by atoms with E-state index in [2.05, 4.69) is 62.5 Å². The molecule has 0 heterocycles. The van der Waals surface area contributed by atoms with Gasteiger partial charge in [0.1, 0.15) is 6.04 Å². The van der Waals surface area contributed by atoms with Crippen LogP contribution in [-0.4, -0.2) is 35.8 Å². The molecule has 0 bridgehead atoms. The second-order valence-corrected chi connectivity index (χ2v) is 9.48. The second-order valence-electron chi connectivity index (χ2n) is 9.48. The second kappa shape index (κ2) is 12.4. The number of hydrogen-bond donors (Lipinski definition) is 1. The topological polar surface area (TPSA) is 49.4 Å². The highest BCUT2D eigenvalue weighted by molar-refractivity contribution is 5.87. The van der Waals surface area contributed by atoms with E-state index in [0.717, 1.165) is 18.4 Å². The maximum Gasteiger partial charge on any atom is 0.242 e. The van der Waals surface area contributed by atoms with E-state index in [9.17, 15) is 9.59 Å². The van der Waals surface area contributed by atoms with E-state index in [1.54, 1.807) is 4.90 Å². The molecule has 0 aromatic heterocycles. The highest BCUT2D eigenvalue weighted by atomic mass is 16.2. The van der Waals surface area contributed by atoms with Crippen LogP contribution in [0.25, 0.3) is 0 Å². The molecular formula is C28H40N2O2. The van der Waals surface area contributed by atoms with Crippen molar-refractivity contribution in [3.8, 4) is 0 Å². The smallest absolute Gasteiger partial charge is 0.242 e. The zero-order chi connectivity index (χ0) is 23.6. The first-order chi connectivity index (χ1) is 15.3. The molecule has 0 aliphatic rings. The van der Waals surface area contributed by atoms with E-state index >= 15 is 0 Å². The maximum absolute atomic E-state index is 13.3. The molecule has 0 unspecified atom stereocenters. The van der Waals surface area contributed by atoms with Crippen LogP contribution in [0.1, 0.15) is 70.6 Å². The van der Waals surface area contributed by atoms with Crippen LogP contribution in [0.2, 0.25) is 0 Å². The standard InChI is InChI=1S/C28H40N2O2/c1-6-20-29-27(32)25(7-2)30(21-19-22-11-9-8-10-12-22)26(31)18-15-23-13-16-24(17-14-23)28(3,4)5/h8-14,16-17,25H,6-7,15,18-21H2,1-5H3,(H,29,32)/t25-/m1/s1. The summed E-state index contributed by atoms with van der Waals surface area (Å²) in [6.07, 6.45) is 3.31. The zero-order valence-electron chi connectivity index (χ0n) is 20.5. The summed E-state index contributed by atoms with van der Waals surface area (Å²) in [6, 6.07) is 18.3. The summed E-state index contributed by atoms with van der Waals surface area (Å²) in [6.45, 7) is 11.8. The van der Waals surface area contributed by atoms with Crippen molar-refractivity contribution >= 4 is 11.8 Å². The Morgan fingerprint density at radius 1 is 0.906 bits per heavy atom. The van der Waals surface area contributed by atoms with Crippen LogP contribution in [-0.2, 0) is 27.8 Å². The largest absolute Gasteiger partial charge is 0.354 e. The van der Waals surface area contributed by atoms with Crippen molar-refractivity contribution in [1.29, 1.82) is 0 Å². The van der Waals surface area contributed by atoms with Gasteiger partial charge in [-0.1, -0.05) is 89.2 Å². The molecule has 2 amide bonds. The fourth-order valence-electron chi connectivity index (χ4n) is 3.83. The fraction of sp³-hybridized carbons (Fsp3) is 0.500. The molecule has 174 valence electrons. The molecule has 0 aliphatic carbocycles. The van der Waals surface area contributed by atoms with Crippen molar-refractivity contribution in [1.82, 2.24) is 10.2 Å². The molecule has 4 nitrogen and oxygen atoms in total. The number of carbonyl (C=O) groups excluding carboxylic acids is 2. The van der Waals surface area contributed by atoms with Crippen LogP contribution in [0.15, 0.2) is 54.6 Å². The van der Waals surface area contributed by atoms with Crippen LogP contribution in [0.5, 0.6) is 0 Å². The normalized spacial score (nSPS) is 12.3. The van der Waals surface area contributed by atoms with Crippen molar-refractivity contribution in [2.75, 3.05) is 13.1 Å². The van der Waals surface area contributed by atoms with E-state index in [-0.39, 0.29) is 17.2 Å². The molecule has 0 radical (unpaired) electrons. The van der Waals surface area contributed by atoms with Crippen LogP contribution < -0.4 is 5.32 Å². The predicted octanol–water partition coefficient (Wildman–Crippen LogP) is 5.29. The summed E-state index contributed by atoms with van der Waals surface area (Å²) >= 11 is 0. The first-order valence-corrected chi connectivity index (χ1v) is 12.0. The van der Waals surface area contributed by atoms with E-state index in [4.69, 9.17) is 0 Å². The molecule has 0 fully saturated rings. The average molecular weight is 437 g/mol. The third-order valence-electron chi connectivity index (χ3n) is 5.87. The molecule has 1 atom stereocenters. The van der Waals surface area contributed by atoms with Crippen LogP contribution in [0.4, 0.5) is 0 Å². The Labute approximate surface area is 194 Å². The molecule has 0 saturated heterocycles. The number of nitrogens with one attached hydrogen (secondary N) is 1. The quantitative estimate of drug-likeness (QED) is 0.520. The highest BCUT2D eigenvalue weighted by Gasteiger charge is 2.27. The van der Waals surface area contributed by atoms with Gasteiger partial charge in [-0.3, -0.25) is 9.59 Å². The van der Waals surface area contributed by atoms with Crippen LogP contribution in [0.3, 0.4) is 0 Å². The summed E-state index contributed by atoms with van der Waals surface area (Å²) in [5, 5.41) is 2.98. The SMILES string of the molecule is CCCNC(=O)[C@@H](CC)N(CCc1ccccc1)C(=O)CCc1ccc(C(C)(C)C)cc1. The number of carbonyl (C=O) groups is 2. The summed E-state index contributed by atoms with van der Waals surface area (Å²) in [7, 11) is 0. The molecule has 4 heteroatoms. The van der Waals surface area contributed by atoms with Gasteiger partial charge in [0.2, 0.25) is 11.8 Å². The van der Waals surface area contributed by atoms with Crippen LogP contribution >= 0.6 is 0 Å². The Hall–Kier alpha value is -2.62. The maximum atomic E-state index is 13.3. The van der Waals surface area contributed by atoms with Crippen molar-refractivity contribution in [3.05, 3.63) is 71.3 Å². The number of hydrogen-bond acceptors (Lipinski definition) is 2. The Morgan fingerprint density at radius 3 is 2.09 bits per heavy atom. The molecule has 32 heavy (non-hydrogen) atoms. The van der Waals surface area contributed by atoms with Gasteiger partial charge < -0.3 is 10.2 Å². The van der Waals surface area contributed by atoms with E-state index in [0.29, 0.717) is 32.4 Å². The molecule has 0 saturated carbocycles. The van der Waals surface area contributed by atoms with Gasteiger partial charge in [0.05, 0.1) is 0 Å². The minimum atomic E-state index is -0.430. The minimum absolute atomic E-state index is 0.0410. The lowest BCUT2D eigenvalue weighted by Crippen LogP contribution is -2.50. The fourth-order valence-corrected chi connectivity index (χ4v) is 3.83. The lowest BCUT2D eigenvalue weighted by molar-refractivity contribution is -0.140. The zero-order valence-corrected chi connectivity index (χ0v) is 20.5. The van der Waals surface area contributed by atoms with E-state index in [1.165, 1.54) is 11.1 Å². The molecule has 0 spiro atoms. The van der Waals surface area contributed by atoms with Gasteiger partial charge in [-0.15, -0.1) is 0 Å². The van der Waals surface area contributed by atoms with Crippen molar-refractivity contribution in [3.63, 3.8) is 0 Å². The number of benzene rings is 2. The lowest BCUT2D eigenvalue weighted by Gasteiger charge is -2.30. The number of aryl methyl sites for hydroxylation is 1. The van der Waals surface area contributed by atoms with Gasteiger partial charge in [-0.05, 0) is 47.8 Å². The van der Waals surface area contributed by atoms with E-state index in [1.807, 2.05) is 32.0 Å². The van der Waals surface area contributed by atoms with Gasteiger partial charge in [-0.2, -0.15) is 0 Å². The predicted molar refractivity (Wildman–Crippen MR) is 133 cm³/mol. The van der Waals surface area contributed by atoms with Gasteiger partial charge in [0, 0.05) is 19.5 Å². The van der Waals surface area contributed by atoms with Crippen molar-refractivity contribution in [2.45, 2.75) is 78.2 Å². The Kier molecular flexibility index (Phi) is 9.96. The summed E-state index contributed by atoms with van der Waals surface area (Å²) in [4.78, 5) is 27.9. The van der Waals surface area contributed by atoms with Gasteiger partial charge in [0.15, 0.2) is 0 Å². The summed E-state index contributed by atoms with van der Waals surface area (Å²) in [5.74, 6) is -0.00961. The monoisotopic (exact) mass is 436 g/mol. The minimum Gasteiger partial charge on any atom is -0.354 e. The van der Waals surface area contributed by atoms with Crippen molar-refractivity contribution < 1.29 is 9.59 Å². The summed E-state index contributed by atoms with van der Waals surface area (Å²) in [5.41, 5.74) is 3.73. The van der Waals surface area contributed by atoms with Gasteiger partial charge in [-0.25, -0.2) is 0 Å². The third-order valence-corrected chi connectivity index (χ3v) is 5.87. The van der Waals surface area contributed by atoms with Gasteiger partial charge >= 0.3 is 0 Å². The summed E-state index contributed by atoms with van der Waals surface area (Å²) < 4.78 is 0. The first kappa shape index (κ1) is 25.6. The molecule has 2 aromatic carbocycles. The average Bonchev–Trinajstić information content (AvgIpc) is 2.79.